The van der Waals surface area contributed by atoms with E-state index < -0.39 is 0 Å². The maximum Gasteiger partial charge on any atom is 0.147 e. The molecular weight excluding hydrogens is 246 g/mol. The van der Waals surface area contributed by atoms with Crippen molar-refractivity contribution in [3.8, 4) is 0 Å². The van der Waals surface area contributed by atoms with Crippen LogP contribution in [0, 0.1) is 0 Å². The third-order valence-corrected chi connectivity index (χ3v) is 3.02. The Morgan fingerprint density at radius 1 is 1.58 bits per heavy atom. The van der Waals surface area contributed by atoms with E-state index in [0.29, 0.717) is 5.57 Å². The number of dihydropyridines is 1. The molecule has 2 aliphatic heterocycles. The first kappa shape index (κ1) is 8.13. The summed E-state index contributed by atoms with van der Waals surface area (Å²) in [5, 5.41) is 6.09. The molecule has 12 heavy (non-hydrogen) atoms. The highest BCUT2D eigenvalue weighted by molar-refractivity contribution is 9.12. The predicted octanol–water partition coefficient (Wildman–Crippen LogP) is 2.06. The van der Waals surface area contributed by atoms with Gasteiger partial charge in [-0.3, -0.25) is 0 Å². The second kappa shape index (κ2) is 2.78. The number of halogens is 3. The maximum absolute atomic E-state index is 13.3. The van der Waals surface area contributed by atoms with Gasteiger partial charge in [-0.25, -0.2) is 4.39 Å². The van der Waals surface area contributed by atoms with Gasteiger partial charge >= 0.3 is 0 Å². The molecule has 2 rings (SSSR count). The number of nitrogens with one attached hydrogen (secondary N) is 2. The Morgan fingerprint density at radius 2 is 2.33 bits per heavy atom. The van der Waals surface area contributed by atoms with Gasteiger partial charge in [0.25, 0.3) is 0 Å². The molecule has 0 aliphatic carbocycles. The topological polar surface area (TPSA) is 24.1 Å². The van der Waals surface area contributed by atoms with Crippen molar-refractivity contribution >= 4 is 27.5 Å². The number of allylic oxidation sites excluding steroid dienone is 2. The summed E-state index contributed by atoms with van der Waals surface area (Å²) in [5.74, 6) is -0.315. The molecule has 2 heterocycles. The molecular formula is C7H5BrClFN2. The fourth-order valence-corrected chi connectivity index (χ4v) is 1.69. The van der Waals surface area contributed by atoms with E-state index in [0.717, 1.165) is 0 Å². The Labute approximate surface area is 82.3 Å². The highest BCUT2D eigenvalue weighted by atomic mass is 79.9. The minimum Gasteiger partial charge on any atom is -0.368 e. The molecule has 0 amide bonds. The number of rotatable bonds is 0. The van der Waals surface area contributed by atoms with Crippen molar-refractivity contribution in [3.63, 3.8) is 0 Å². The predicted molar refractivity (Wildman–Crippen MR) is 49.1 cm³/mol. The van der Waals surface area contributed by atoms with Crippen LogP contribution in [-0.2, 0) is 0 Å². The van der Waals surface area contributed by atoms with Gasteiger partial charge in [0.15, 0.2) is 0 Å². The van der Waals surface area contributed by atoms with Crippen molar-refractivity contribution in [1.82, 2.24) is 10.6 Å². The van der Waals surface area contributed by atoms with Crippen LogP contribution in [0.4, 0.5) is 4.39 Å². The van der Waals surface area contributed by atoms with Crippen LogP contribution in [0.5, 0.6) is 0 Å². The number of hydrogen-bond acceptors (Lipinski definition) is 2. The van der Waals surface area contributed by atoms with Crippen molar-refractivity contribution in [2.75, 3.05) is 0 Å². The van der Waals surface area contributed by atoms with Crippen LogP contribution >= 0.6 is 27.5 Å². The Hall–Kier alpha value is -0.480. The largest absolute Gasteiger partial charge is 0.368 e. The molecule has 2 nitrogen and oxygen atoms in total. The minimum absolute atomic E-state index is 0.223. The average Bonchev–Trinajstić information content (AvgIpc) is 2.48. The molecule has 64 valence electrons. The van der Waals surface area contributed by atoms with E-state index in [1.807, 2.05) is 0 Å². The molecule has 0 aromatic heterocycles. The van der Waals surface area contributed by atoms with Crippen LogP contribution < -0.4 is 10.6 Å². The van der Waals surface area contributed by atoms with Gasteiger partial charge in [0.05, 0.1) is 4.48 Å². The maximum atomic E-state index is 13.3. The molecule has 1 unspecified atom stereocenters. The molecule has 0 radical (unpaired) electrons. The molecule has 0 aromatic rings. The molecule has 2 N–H and O–H groups in total. The van der Waals surface area contributed by atoms with E-state index in [1.54, 1.807) is 12.3 Å². The Morgan fingerprint density at radius 3 is 3.08 bits per heavy atom. The normalized spacial score (nSPS) is 27.1. The van der Waals surface area contributed by atoms with Gasteiger partial charge in [0, 0.05) is 5.57 Å². The Kier molecular flexibility index (Phi) is 1.88. The molecule has 0 spiro atoms. The van der Waals surface area contributed by atoms with Gasteiger partial charge in [-0.1, -0.05) is 11.6 Å². The second-order valence-corrected chi connectivity index (χ2v) is 3.65. The molecule has 0 aromatic carbocycles. The van der Waals surface area contributed by atoms with E-state index in [9.17, 15) is 4.39 Å². The minimum atomic E-state index is -0.315. The zero-order valence-corrected chi connectivity index (χ0v) is 8.21. The van der Waals surface area contributed by atoms with Crippen LogP contribution in [0.3, 0.4) is 0 Å². The van der Waals surface area contributed by atoms with Gasteiger partial charge in [-0.2, -0.15) is 0 Å². The first-order chi connectivity index (χ1) is 5.70. The van der Waals surface area contributed by atoms with Crippen molar-refractivity contribution in [2.45, 2.75) is 6.17 Å². The van der Waals surface area contributed by atoms with Crippen molar-refractivity contribution in [3.05, 3.63) is 33.3 Å². The van der Waals surface area contributed by atoms with Gasteiger partial charge in [-0.05, 0) is 28.2 Å². The van der Waals surface area contributed by atoms with Gasteiger partial charge < -0.3 is 10.6 Å². The first-order valence-corrected chi connectivity index (χ1v) is 4.51. The van der Waals surface area contributed by atoms with Crippen LogP contribution in [0.1, 0.15) is 0 Å². The quantitative estimate of drug-likeness (QED) is 0.644. The third-order valence-electron chi connectivity index (χ3n) is 1.75. The van der Waals surface area contributed by atoms with Gasteiger partial charge in [0.1, 0.15) is 17.1 Å². The summed E-state index contributed by atoms with van der Waals surface area (Å²) < 4.78 is 13.6. The lowest BCUT2D eigenvalue weighted by atomic mass is 10.1. The van der Waals surface area contributed by atoms with Crippen molar-refractivity contribution < 1.29 is 4.39 Å². The standard InChI is InChI=1S/C7H5BrClFN2/c8-4-5(10)3-1-2-11-7(3)12-6(4)9/h1-2,7,11-12H. The number of hydrogen-bond donors (Lipinski definition) is 2. The van der Waals surface area contributed by atoms with Gasteiger partial charge in [-0.15, -0.1) is 0 Å². The first-order valence-electron chi connectivity index (χ1n) is 3.34. The molecule has 0 bridgehead atoms. The summed E-state index contributed by atoms with van der Waals surface area (Å²) in [7, 11) is 0. The lowest BCUT2D eigenvalue weighted by Crippen LogP contribution is -2.38. The lowest BCUT2D eigenvalue weighted by molar-refractivity contribution is 0.566. The molecule has 2 aliphatic rings. The summed E-state index contributed by atoms with van der Waals surface area (Å²) in [5.41, 5.74) is 0.575. The van der Waals surface area contributed by atoms with Crippen LogP contribution in [-0.4, -0.2) is 6.17 Å². The van der Waals surface area contributed by atoms with E-state index in [1.165, 1.54) is 0 Å². The fraction of sp³-hybridized carbons (Fsp3) is 0.143. The van der Waals surface area contributed by atoms with Crippen molar-refractivity contribution in [1.29, 1.82) is 0 Å². The zero-order chi connectivity index (χ0) is 8.72. The molecule has 1 atom stereocenters. The van der Waals surface area contributed by atoms with Crippen molar-refractivity contribution in [2.24, 2.45) is 0 Å². The molecule has 0 fully saturated rings. The zero-order valence-electron chi connectivity index (χ0n) is 5.87. The van der Waals surface area contributed by atoms with E-state index in [-0.39, 0.29) is 21.6 Å². The van der Waals surface area contributed by atoms with E-state index in [2.05, 4.69) is 26.6 Å². The Balaban J connectivity index is 2.48. The average molecular weight is 251 g/mol. The van der Waals surface area contributed by atoms with Crippen LogP contribution in [0.2, 0.25) is 0 Å². The SMILES string of the molecule is FC1=C2C=CNC2NC(Cl)=C1Br. The summed E-state index contributed by atoms with van der Waals surface area (Å²) in [4.78, 5) is 0. The molecule has 0 saturated heterocycles. The Bertz CT molecular complexity index is 321. The second-order valence-electron chi connectivity index (χ2n) is 2.47. The summed E-state index contributed by atoms with van der Waals surface area (Å²) in [6, 6.07) is 0. The fourth-order valence-electron chi connectivity index (χ4n) is 1.15. The smallest absolute Gasteiger partial charge is 0.147 e. The van der Waals surface area contributed by atoms with E-state index >= 15 is 0 Å². The van der Waals surface area contributed by atoms with Crippen LogP contribution in [0.15, 0.2) is 33.3 Å². The van der Waals surface area contributed by atoms with Gasteiger partial charge in [0.2, 0.25) is 0 Å². The summed E-state index contributed by atoms with van der Waals surface area (Å²) in [6.07, 6.45) is 3.14. The van der Waals surface area contributed by atoms with E-state index in [4.69, 9.17) is 11.6 Å². The highest BCUT2D eigenvalue weighted by Crippen LogP contribution is 2.33. The monoisotopic (exact) mass is 250 g/mol. The third kappa shape index (κ3) is 1.06. The lowest BCUT2D eigenvalue weighted by Gasteiger charge is -2.21. The summed E-state index contributed by atoms with van der Waals surface area (Å²) in [6.45, 7) is 0. The molecule has 0 saturated carbocycles. The molecule has 5 heteroatoms. The highest BCUT2D eigenvalue weighted by Gasteiger charge is 2.27. The van der Waals surface area contributed by atoms with Crippen LogP contribution in [0.25, 0.3) is 0 Å². The summed E-state index contributed by atoms with van der Waals surface area (Å²) >= 11 is 8.75. The number of fused-ring (bicyclic) bond motifs is 1.